The summed E-state index contributed by atoms with van der Waals surface area (Å²) < 4.78 is 5.36. The number of nitrogens with one attached hydrogen (secondary N) is 1. The first-order valence-corrected chi connectivity index (χ1v) is 7.27. The second-order valence-corrected chi connectivity index (χ2v) is 5.57. The van der Waals surface area contributed by atoms with Crippen LogP contribution in [0, 0.1) is 5.92 Å². The van der Waals surface area contributed by atoms with Crippen molar-refractivity contribution in [2.75, 3.05) is 6.61 Å². The van der Waals surface area contributed by atoms with Gasteiger partial charge in [0.1, 0.15) is 11.3 Å². The van der Waals surface area contributed by atoms with Gasteiger partial charge in [0.25, 0.3) is 5.91 Å². The van der Waals surface area contributed by atoms with E-state index >= 15 is 0 Å². The zero-order valence-electron chi connectivity index (χ0n) is 12.2. The van der Waals surface area contributed by atoms with Crippen molar-refractivity contribution in [2.45, 2.75) is 38.1 Å². The molecule has 1 fully saturated rings. The summed E-state index contributed by atoms with van der Waals surface area (Å²) in [6.45, 7) is 1.71. The van der Waals surface area contributed by atoms with E-state index in [9.17, 15) is 14.7 Å². The van der Waals surface area contributed by atoms with Gasteiger partial charge < -0.3 is 15.2 Å². The maximum absolute atomic E-state index is 12.0. The van der Waals surface area contributed by atoms with E-state index in [1.54, 1.807) is 12.1 Å². The van der Waals surface area contributed by atoms with Gasteiger partial charge in [0, 0.05) is 0 Å². The zero-order chi connectivity index (χ0) is 15.3. The lowest BCUT2D eigenvalue weighted by Crippen LogP contribution is -2.60. The Kier molecular flexibility index (Phi) is 4.83. The minimum absolute atomic E-state index is 0.0792. The first kappa shape index (κ1) is 15.4. The summed E-state index contributed by atoms with van der Waals surface area (Å²) in [5.41, 5.74) is -1.16. The number of carbonyl (C=O) groups excluding carboxylic acids is 1. The minimum Gasteiger partial charge on any atom is -0.484 e. The summed E-state index contributed by atoms with van der Waals surface area (Å²) in [5.74, 6) is -0.837. The number of rotatable bonds is 5. The van der Waals surface area contributed by atoms with E-state index in [0.29, 0.717) is 12.2 Å². The van der Waals surface area contributed by atoms with Crippen LogP contribution in [0.25, 0.3) is 0 Å². The molecule has 5 nitrogen and oxygen atoms in total. The number of hydrogen-bond acceptors (Lipinski definition) is 3. The number of aliphatic carboxylic acids is 1. The third-order valence-electron chi connectivity index (χ3n) is 4.16. The van der Waals surface area contributed by atoms with Crippen molar-refractivity contribution in [1.29, 1.82) is 0 Å². The number of carbonyl (C=O) groups is 2. The molecule has 114 valence electrons. The largest absolute Gasteiger partial charge is 0.484 e. The molecular formula is C16H21NO4. The van der Waals surface area contributed by atoms with Gasteiger partial charge in [-0.25, -0.2) is 4.79 Å². The smallest absolute Gasteiger partial charge is 0.329 e. The van der Waals surface area contributed by atoms with E-state index in [-0.39, 0.29) is 12.5 Å². The molecule has 2 unspecified atom stereocenters. The standard InChI is InChI=1S/C16H21NO4/c1-12-7-5-6-10-16(12,15(19)20)17-14(18)11-21-13-8-3-2-4-9-13/h2-4,8-9,12H,5-7,10-11H2,1H3,(H,17,18)(H,19,20). The monoisotopic (exact) mass is 291 g/mol. The molecule has 1 aliphatic carbocycles. The molecule has 2 rings (SSSR count). The Balaban J connectivity index is 1.97. The van der Waals surface area contributed by atoms with Crippen molar-refractivity contribution in [3.05, 3.63) is 30.3 Å². The molecule has 1 aliphatic rings. The highest BCUT2D eigenvalue weighted by molar-refractivity contribution is 5.88. The van der Waals surface area contributed by atoms with Crippen molar-refractivity contribution in [3.63, 3.8) is 0 Å². The highest BCUT2D eigenvalue weighted by Gasteiger charge is 2.46. The van der Waals surface area contributed by atoms with Crippen molar-refractivity contribution in [1.82, 2.24) is 5.32 Å². The number of carboxylic acid groups (broad SMARTS) is 1. The predicted molar refractivity (Wildman–Crippen MR) is 78.1 cm³/mol. The SMILES string of the molecule is CC1CCCCC1(NC(=O)COc1ccccc1)C(=O)O. The predicted octanol–water partition coefficient (Wildman–Crippen LogP) is 2.22. The Labute approximate surface area is 124 Å². The van der Waals surface area contributed by atoms with E-state index in [1.807, 2.05) is 25.1 Å². The van der Waals surface area contributed by atoms with Crippen molar-refractivity contribution in [2.24, 2.45) is 5.92 Å². The normalized spacial score (nSPS) is 25.1. The quantitative estimate of drug-likeness (QED) is 0.872. The van der Waals surface area contributed by atoms with E-state index in [4.69, 9.17) is 4.74 Å². The summed E-state index contributed by atoms with van der Waals surface area (Å²) in [5, 5.41) is 12.2. The number of hydrogen-bond donors (Lipinski definition) is 2. The van der Waals surface area contributed by atoms with Crippen LogP contribution in [0.1, 0.15) is 32.6 Å². The van der Waals surface area contributed by atoms with Gasteiger partial charge in [-0.3, -0.25) is 4.79 Å². The van der Waals surface area contributed by atoms with Gasteiger partial charge in [-0.05, 0) is 30.9 Å². The Morgan fingerprint density at radius 1 is 1.33 bits per heavy atom. The topological polar surface area (TPSA) is 75.6 Å². The van der Waals surface area contributed by atoms with Gasteiger partial charge in [-0.2, -0.15) is 0 Å². The highest BCUT2D eigenvalue weighted by Crippen LogP contribution is 2.33. The van der Waals surface area contributed by atoms with E-state index < -0.39 is 17.4 Å². The average molecular weight is 291 g/mol. The summed E-state index contributed by atoms with van der Waals surface area (Å²) >= 11 is 0. The van der Waals surface area contributed by atoms with Crippen LogP contribution in [0.15, 0.2) is 30.3 Å². The Morgan fingerprint density at radius 2 is 2.05 bits per heavy atom. The highest BCUT2D eigenvalue weighted by atomic mass is 16.5. The third-order valence-corrected chi connectivity index (χ3v) is 4.16. The Bertz CT molecular complexity index is 502. The van der Waals surface area contributed by atoms with E-state index in [2.05, 4.69) is 5.32 Å². The molecule has 0 radical (unpaired) electrons. The first-order valence-electron chi connectivity index (χ1n) is 7.27. The number of amides is 1. The van der Waals surface area contributed by atoms with Gasteiger partial charge in [0.15, 0.2) is 6.61 Å². The molecule has 1 aromatic carbocycles. The summed E-state index contributed by atoms with van der Waals surface area (Å²) in [6, 6.07) is 8.99. The van der Waals surface area contributed by atoms with Gasteiger partial charge >= 0.3 is 5.97 Å². The maximum Gasteiger partial charge on any atom is 0.329 e. The zero-order valence-corrected chi connectivity index (χ0v) is 12.2. The summed E-state index contributed by atoms with van der Waals surface area (Å²) in [4.78, 5) is 23.7. The van der Waals surface area contributed by atoms with Crippen LogP contribution in [0.2, 0.25) is 0 Å². The number of para-hydroxylation sites is 1. The molecule has 1 aromatic rings. The van der Waals surface area contributed by atoms with Crippen LogP contribution < -0.4 is 10.1 Å². The fourth-order valence-electron chi connectivity index (χ4n) is 2.85. The molecule has 21 heavy (non-hydrogen) atoms. The molecule has 1 saturated carbocycles. The minimum atomic E-state index is -1.16. The van der Waals surface area contributed by atoms with Crippen molar-refractivity contribution in [3.8, 4) is 5.75 Å². The lowest BCUT2D eigenvalue weighted by molar-refractivity contribution is -0.152. The lowest BCUT2D eigenvalue weighted by Gasteiger charge is -2.39. The van der Waals surface area contributed by atoms with Crippen LogP contribution in [0.4, 0.5) is 0 Å². The molecule has 0 spiro atoms. The second kappa shape index (κ2) is 6.61. The van der Waals surface area contributed by atoms with Crippen LogP contribution in [-0.2, 0) is 9.59 Å². The van der Waals surface area contributed by atoms with Crippen LogP contribution >= 0.6 is 0 Å². The molecule has 0 heterocycles. The number of benzene rings is 1. The number of ether oxygens (including phenoxy) is 1. The molecule has 2 N–H and O–H groups in total. The molecule has 1 amide bonds. The van der Waals surface area contributed by atoms with Crippen molar-refractivity contribution < 1.29 is 19.4 Å². The second-order valence-electron chi connectivity index (χ2n) is 5.57. The van der Waals surface area contributed by atoms with Gasteiger partial charge in [-0.15, -0.1) is 0 Å². The van der Waals surface area contributed by atoms with E-state index in [1.165, 1.54) is 0 Å². The summed E-state index contributed by atoms with van der Waals surface area (Å²) in [6.07, 6.45) is 3.11. The van der Waals surface area contributed by atoms with Gasteiger partial charge in [-0.1, -0.05) is 38.0 Å². The Hall–Kier alpha value is -2.04. The molecule has 0 aliphatic heterocycles. The van der Waals surface area contributed by atoms with Crippen LogP contribution in [-0.4, -0.2) is 29.1 Å². The lowest BCUT2D eigenvalue weighted by atomic mass is 9.73. The van der Waals surface area contributed by atoms with Gasteiger partial charge in [0.2, 0.25) is 0 Å². The van der Waals surface area contributed by atoms with Crippen LogP contribution in [0.5, 0.6) is 5.75 Å². The molecule has 0 saturated heterocycles. The molecule has 0 aromatic heterocycles. The fourth-order valence-corrected chi connectivity index (χ4v) is 2.85. The van der Waals surface area contributed by atoms with Gasteiger partial charge in [0.05, 0.1) is 0 Å². The average Bonchev–Trinajstić information content (AvgIpc) is 2.48. The summed E-state index contributed by atoms with van der Waals surface area (Å²) in [7, 11) is 0. The van der Waals surface area contributed by atoms with Crippen molar-refractivity contribution >= 4 is 11.9 Å². The molecule has 5 heteroatoms. The number of carboxylic acids is 1. The fraction of sp³-hybridized carbons (Fsp3) is 0.500. The van der Waals surface area contributed by atoms with Crippen LogP contribution in [0.3, 0.4) is 0 Å². The molecule has 2 atom stereocenters. The third kappa shape index (κ3) is 3.54. The van der Waals surface area contributed by atoms with E-state index in [0.717, 1.165) is 19.3 Å². The molecular weight excluding hydrogens is 270 g/mol. The first-order chi connectivity index (χ1) is 10.0. The maximum atomic E-state index is 12.0. The Morgan fingerprint density at radius 3 is 2.67 bits per heavy atom. The molecule has 0 bridgehead atoms.